The average molecular weight is 436 g/mol. The summed E-state index contributed by atoms with van der Waals surface area (Å²) >= 11 is 0. The Kier molecular flexibility index (Phi) is 5.77. The third-order valence-corrected chi connectivity index (χ3v) is 6.61. The fraction of sp³-hybridized carbons (Fsp3) is 0.400. The molecule has 0 aliphatic carbocycles. The Balaban J connectivity index is 1.82. The summed E-state index contributed by atoms with van der Waals surface area (Å²) in [6.45, 7) is 1.93. The Bertz CT molecular complexity index is 1020. The molecule has 7 nitrogen and oxygen atoms in total. The number of benzene rings is 2. The number of nitrogens with one attached hydrogen (secondary N) is 1. The molecule has 2 heterocycles. The second kappa shape index (κ2) is 8.39. The number of carbonyl (C=O) groups excluding carboxylic acids is 3. The first-order valence-electron chi connectivity index (χ1n) is 10.9. The summed E-state index contributed by atoms with van der Waals surface area (Å²) in [5, 5.41) is 3.43. The lowest BCUT2D eigenvalue weighted by atomic mass is 9.76. The summed E-state index contributed by atoms with van der Waals surface area (Å²) in [5.41, 5.74) is 1.45. The average Bonchev–Trinajstić information content (AvgIpc) is 3.24. The summed E-state index contributed by atoms with van der Waals surface area (Å²) in [6.07, 6.45) is 0.257. The predicted octanol–water partition coefficient (Wildman–Crippen LogP) is 2.17. The molecular formula is C25H29N3O4. The summed E-state index contributed by atoms with van der Waals surface area (Å²) in [6, 6.07) is 16.9. The van der Waals surface area contributed by atoms with Crippen LogP contribution in [0.5, 0.6) is 0 Å². The zero-order valence-electron chi connectivity index (χ0n) is 18.9. The van der Waals surface area contributed by atoms with Gasteiger partial charge < -0.3 is 9.64 Å². The van der Waals surface area contributed by atoms with E-state index in [-0.39, 0.29) is 24.8 Å². The standard InChI is InChI=1S/C25H29N3O4/c1-5-32-24(31)25(15-16-9-7-6-8-10-16)20-19(22(29)28(4)23(20)30)21(26-25)17-11-13-18(14-12-17)27(2)3/h6-14,19-21,26H,5,15H2,1-4H3/t19-,20+,21-,25+/m0/s1. The van der Waals surface area contributed by atoms with Gasteiger partial charge in [0, 0.05) is 39.3 Å². The van der Waals surface area contributed by atoms with Gasteiger partial charge in [-0.2, -0.15) is 0 Å². The minimum atomic E-state index is -1.33. The van der Waals surface area contributed by atoms with Crippen LogP contribution < -0.4 is 10.2 Å². The van der Waals surface area contributed by atoms with Crippen molar-refractivity contribution >= 4 is 23.5 Å². The molecule has 0 spiro atoms. The van der Waals surface area contributed by atoms with Gasteiger partial charge in [0.25, 0.3) is 0 Å². The van der Waals surface area contributed by atoms with E-state index in [0.29, 0.717) is 0 Å². The van der Waals surface area contributed by atoms with Crippen molar-refractivity contribution in [3.63, 3.8) is 0 Å². The summed E-state index contributed by atoms with van der Waals surface area (Å²) in [4.78, 5) is 43.0. The van der Waals surface area contributed by atoms with Crippen molar-refractivity contribution in [1.82, 2.24) is 10.2 Å². The van der Waals surface area contributed by atoms with Crippen molar-refractivity contribution in [2.24, 2.45) is 11.8 Å². The second-order valence-corrected chi connectivity index (χ2v) is 8.70. The lowest BCUT2D eigenvalue weighted by Crippen LogP contribution is -2.57. The van der Waals surface area contributed by atoms with Gasteiger partial charge in [0.05, 0.1) is 18.4 Å². The highest BCUT2D eigenvalue weighted by Gasteiger charge is 2.68. The van der Waals surface area contributed by atoms with E-state index in [9.17, 15) is 14.4 Å². The maximum Gasteiger partial charge on any atom is 0.327 e. The van der Waals surface area contributed by atoms with Crippen LogP contribution in [-0.4, -0.2) is 56.0 Å². The van der Waals surface area contributed by atoms with Crippen LogP contribution >= 0.6 is 0 Å². The van der Waals surface area contributed by atoms with E-state index in [0.717, 1.165) is 21.7 Å². The molecule has 0 radical (unpaired) electrons. The summed E-state index contributed by atoms with van der Waals surface area (Å²) in [7, 11) is 5.41. The van der Waals surface area contributed by atoms with Gasteiger partial charge in [0.2, 0.25) is 11.8 Å². The molecule has 2 aromatic rings. The SMILES string of the molecule is CCOC(=O)[C@]1(Cc2ccccc2)N[C@@H](c2ccc(N(C)C)cc2)[C@H]2C(=O)N(C)C(=O)[C@@H]21. The van der Waals surface area contributed by atoms with E-state index in [2.05, 4.69) is 5.32 Å². The Morgan fingerprint density at radius 1 is 1.06 bits per heavy atom. The highest BCUT2D eigenvalue weighted by atomic mass is 16.5. The van der Waals surface area contributed by atoms with Crippen molar-refractivity contribution < 1.29 is 19.1 Å². The first kappa shape index (κ1) is 22.0. The molecule has 4 rings (SSSR count). The Hall–Kier alpha value is -3.19. The molecule has 1 N–H and O–H groups in total. The van der Waals surface area contributed by atoms with Crippen molar-refractivity contribution in [2.75, 3.05) is 32.6 Å². The molecule has 2 fully saturated rings. The number of esters is 1. The molecule has 0 unspecified atom stereocenters. The first-order valence-corrected chi connectivity index (χ1v) is 10.9. The highest BCUT2D eigenvalue weighted by Crippen LogP contribution is 2.50. The molecule has 168 valence electrons. The smallest absolute Gasteiger partial charge is 0.327 e. The van der Waals surface area contributed by atoms with Crippen molar-refractivity contribution in [2.45, 2.75) is 24.9 Å². The molecule has 2 aliphatic heterocycles. The fourth-order valence-electron chi connectivity index (χ4n) is 5.01. The molecule has 2 saturated heterocycles. The van der Waals surface area contributed by atoms with Crippen LogP contribution in [0, 0.1) is 11.8 Å². The lowest BCUT2D eigenvalue weighted by molar-refractivity contribution is -0.156. The topological polar surface area (TPSA) is 79.0 Å². The van der Waals surface area contributed by atoms with Crippen LogP contribution in [0.3, 0.4) is 0 Å². The van der Waals surface area contributed by atoms with Crippen LogP contribution in [0.15, 0.2) is 54.6 Å². The van der Waals surface area contributed by atoms with E-state index in [1.54, 1.807) is 6.92 Å². The predicted molar refractivity (Wildman–Crippen MR) is 121 cm³/mol. The van der Waals surface area contributed by atoms with Gasteiger partial charge in [0.1, 0.15) is 5.54 Å². The number of ether oxygens (including phenoxy) is 1. The molecule has 0 bridgehead atoms. The molecule has 2 aromatic carbocycles. The van der Waals surface area contributed by atoms with E-state index >= 15 is 0 Å². The number of anilines is 1. The van der Waals surface area contributed by atoms with E-state index in [4.69, 9.17) is 4.74 Å². The van der Waals surface area contributed by atoms with Crippen LogP contribution in [0.25, 0.3) is 0 Å². The normalized spacial score (nSPS) is 26.9. The van der Waals surface area contributed by atoms with Gasteiger partial charge in [-0.1, -0.05) is 42.5 Å². The minimum absolute atomic E-state index is 0.189. The molecule has 32 heavy (non-hydrogen) atoms. The fourth-order valence-corrected chi connectivity index (χ4v) is 5.01. The molecule has 4 atom stereocenters. The quantitative estimate of drug-likeness (QED) is 0.554. The number of carbonyl (C=O) groups is 3. The number of amides is 2. The molecular weight excluding hydrogens is 406 g/mol. The number of nitrogens with zero attached hydrogens (tertiary/aromatic N) is 2. The van der Waals surface area contributed by atoms with Crippen LogP contribution in [0.2, 0.25) is 0 Å². The number of hydrogen-bond acceptors (Lipinski definition) is 6. The van der Waals surface area contributed by atoms with Crippen LogP contribution in [0.1, 0.15) is 24.1 Å². The van der Waals surface area contributed by atoms with Gasteiger partial charge in [0.15, 0.2) is 0 Å². The van der Waals surface area contributed by atoms with Crippen molar-refractivity contribution in [1.29, 1.82) is 0 Å². The van der Waals surface area contributed by atoms with E-state index in [1.165, 1.54) is 7.05 Å². The van der Waals surface area contributed by atoms with E-state index in [1.807, 2.05) is 73.6 Å². The van der Waals surface area contributed by atoms with Crippen LogP contribution in [0.4, 0.5) is 5.69 Å². The van der Waals surface area contributed by atoms with E-state index < -0.39 is 29.4 Å². The van der Waals surface area contributed by atoms with Gasteiger partial charge in [-0.25, -0.2) is 0 Å². The van der Waals surface area contributed by atoms with Gasteiger partial charge in [-0.15, -0.1) is 0 Å². The van der Waals surface area contributed by atoms with Crippen LogP contribution in [-0.2, 0) is 25.5 Å². The number of imide groups is 1. The van der Waals surface area contributed by atoms with Crippen molar-refractivity contribution in [3.05, 3.63) is 65.7 Å². The largest absolute Gasteiger partial charge is 0.465 e. The third kappa shape index (κ3) is 3.46. The monoisotopic (exact) mass is 435 g/mol. The van der Waals surface area contributed by atoms with Gasteiger partial charge in [-0.05, 0) is 30.2 Å². The lowest BCUT2D eigenvalue weighted by Gasteiger charge is -2.32. The molecule has 0 aromatic heterocycles. The molecule has 0 saturated carbocycles. The molecule has 2 amide bonds. The number of hydrogen-bond donors (Lipinski definition) is 1. The second-order valence-electron chi connectivity index (χ2n) is 8.70. The summed E-state index contributed by atoms with van der Waals surface area (Å²) < 4.78 is 5.47. The van der Waals surface area contributed by atoms with Gasteiger partial charge >= 0.3 is 5.97 Å². The van der Waals surface area contributed by atoms with Gasteiger partial charge in [-0.3, -0.25) is 24.6 Å². The Morgan fingerprint density at radius 3 is 2.31 bits per heavy atom. The third-order valence-electron chi connectivity index (χ3n) is 6.61. The number of rotatable bonds is 6. The highest BCUT2D eigenvalue weighted by molar-refractivity contribution is 6.09. The maximum atomic E-state index is 13.4. The molecule has 7 heteroatoms. The zero-order valence-corrected chi connectivity index (χ0v) is 18.9. The Labute approximate surface area is 188 Å². The zero-order chi connectivity index (χ0) is 23.0. The number of likely N-dealkylation sites (tertiary alicyclic amines) is 1. The number of fused-ring (bicyclic) bond motifs is 1. The summed E-state index contributed by atoms with van der Waals surface area (Å²) in [5.74, 6) is -2.62. The maximum absolute atomic E-state index is 13.4. The first-order chi connectivity index (χ1) is 15.3. The minimum Gasteiger partial charge on any atom is -0.465 e. The molecule has 2 aliphatic rings. The van der Waals surface area contributed by atoms with Crippen molar-refractivity contribution in [3.8, 4) is 0 Å². The Morgan fingerprint density at radius 2 is 1.72 bits per heavy atom.